The standard InChI is InChI=1S/C17H24N4.C2HF3O2/c18-16(20-11-15-3-1-2-4-19-15)21-17-8-12-5-13(9-17)7-14(6-12)10-17;3-2(4,5)1(6)7/h1-4,12-14H,5-11H2,(H3,18,20,21);(H,6,7). The number of halogens is 3. The zero-order valence-corrected chi connectivity index (χ0v) is 15.5. The lowest BCUT2D eigenvalue weighted by Crippen LogP contribution is -2.61. The fraction of sp³-hybridized carbons (Fsp3) is 0.632. The molecular formula is C19H25F3N4O2. The lowest BCUT2D eigenvalue weighted by molar-refractivity contribution is -0.192. The normalized spacial score (nSPS) is 31.1. The molecule has 1 aromatic rings. The van der Waals surface area contributed by atoms with Gasteiger partial charge in [0.2, 0.25) is 0 Å². The Morgan fingerprint density at radius 1 is 1.21 bits per heavy atom. The third-order valence-electron chi connectivity index (χ3n) is 5.81. The maximum atomic E-state index is 10.6. The molecule has 1 aromatic heterocycles. The van der Waals surface area contributed by atoms with Crippen LogP contribution in [0.4, 0.5) is 13.2 Å². The fourth-order valence-corrected chi connectivity index (χ4v) is 5.23. The van der Waals surface area contributed by atoms with Gasteiger partial charge in [0, 0.05) is 11.7 Å². The van der Waals surface area contributed by atoms with Crippen molar-refractivity contribution in [1.82, 2.24) is 10.3 Å². The maximum absolute atomic E-state index is 10.6. The summed E-state index contributed by atoms with van der Waals surface area (Å²) >= 11 is 0. The maximum Gasteiger partial charge on any atom is 0.490 e. The van der Waals surface area contributed by atoms with E-state index in [1.807, 2.05) is 18.2 Å². The largest absolute Gasteiger partial charge is 0.490 e. The summed E-state index contributed by atoms with van der Waals surface area (Å²) in [4.78, 5) is 17.7. The predicted octanol–water partition coefficient (Wildman–Crippen LogP) is 3.09. The van der Waals surface area contributed by atoms with Crippen LogP contribution in [-0.4, -0.2) is 33.7 Å². The number of aliphatic imine (C=N–C) groups is 1. The number of aliphatic carboxylic acids is 1. The van der Waals surface area contributed by atoms with E-state index in [-0.39, 0.29) is 5.54 Å². The zero-order chi connectivity index (χ0) is 20.4. The van der Waals surface area contributed by atoms with Gasteiger partial charge >= 0.3 is 12.1 Å². The Labute approximate surface area is 161 Å². The minimum atomic E-state index is -5.08. The number of carboxylic acid groups (broad SMARTS) is 1. The number of carbonyl (C=O) groups is 1. The van der Waals surface area contributed by atoms with Crippen molar-refractivity contribution in [2.75, 3.05) is 0 Å². The molecule has 0 atom stereocenters. The van der Waals surface area contributed by atoms with Crippen LogP contribution in [-0.2, 0) is 11.3 Å². The third-order valence-corrected chi connectivity index (χ3v) is 5.81. The number of guanidine groups is 1. The first-order chi connectivity index (χ1) is 13.2. The van der Waals surface area contributed by atoms with Gasteiger partial charge in [-0.05, 0) is 68.4 Å². The van der Waals surface area contributed by atoms with Crippen molar-refractivity contribution in [3.05, 3.63) is 30.1 Å². The first kappa shape index (κ1) is 20.4. The molecule has 6 nitrogen and oxygen atoms in total. The smallest absolute Gasteiger partial charge is 0.475 e. The number of pyridine rings is 1. The van der Waals surface area contributed by atoms with E-state index in [2.05, 4.69) is 15.3 Å². The number of alkyl halides is 3. The Balaban J connectivity index is 0.000000279. The fourth-order valence-electron chi connectivity index (χ4n) is 5.23. The first-order valence-electron chi connectivity index (χ1n) is 9.43. The summed E-state index contributed by atoms with van der Waals surface area (Å²) in [6.07, 6.45) is 4.94. The van der Waals surface area contributed by atoms with Gasteiger partial charge < -0.3 is 16.2 Å². The number of nitrogens with zero attached hydrogens (tertiary/aromatic N) is 2. The number of aromatic nitrogens is 1. The highest BCUT2D eigenvalue weighted by Crippen LogP contribution is 2.55. The van der Waals surface area contributed by atoms with Crippen molar-refractivity contribution >= 4 is 11.9 Å². The van der Waals surface area contributed by atoms with Gasteiger partial charge in [0.25, 0.3) is 0 Å². The van der Waals surface area contributed by atoms with E-state index < -0.39 is 12.1 Å². The number of nitrogens with two attached hydrogens (primary N) is 1. The number of nitrogens with one attached hydrogen (secondary N) is 1. The van der Waals surface area contributed by atoms with E-state index in [0.717, 1.165) is 23.4 Å². The Kier molecular flexibility index (Phi) is 5.81. The zero-order valence-electron chi connectivity index (χ0n) is 15.5. The summed E-state index contributed by atoms with van der Waals surface area (Å²) < 4.78 is 31.7. The minimum Gasteiger partial charge on any atom is -0.475 e. The molecule has 4 bridgehead atoms. The topological polar surface area (TPSA) is 101 Å². The molecule has 0 unspecified atom stereocenters. The van der Waals surface area contributed by atoms with Crippen LogP contribution < -0.4 is 11.1 Å². The molecule has 5 rings (SSSR count). The van der Waals surface area contributed by atoms with Crippen LogP contribution in [0.1, 0.15) is 44.2 Å². The second-order valence-corrected chi connectivity index (χ2v) is 8.15. The molecule has 0 saturated heterocycles. The van der Waals surface area contributed by atoms with Crippen molar-refractivity contribution in [3.8, 4) is 0 Å². The monoisotopic (exact) mass is 398 g/mol. The molecule has 0 radical (unpaired) electrons. The second kappa shape index (κ2) is 7.97. The minimum absolute atomic E-state index is 0.243. The highest BCUT2D eigenvalue weighted by Gasteiger charge is 2.51. The van der Waals surface area contributed by atoms with Gasteiger partial charge in [-0.1, -0.05) is 6.07 Å². The van der Waals surface area contributed by atoms with Crippen molar-refractivity contribution in [2.45, 2.75) is 56.8 Å². The van der Waals surface area contributed by atoms with E-state index >= 15 is 0 Å². The third kappa shape index (κ3) is 5.14. The Morgan fingerprint density at radius 2 is 1.75 bits per heavy atom. The highest BCUT2D eigenvalue weighted by molar-refractivity contribution is 5.78. The van der Waals surface area contributed by atoms with Gasteiger partial charge in [0.15, 0.2) is 5.96 Å². The van der Waals surface area contributed by atoms with Crippen LogP contribution in [0.2, 0.25) is 0 Å². The van der Waals surface area contributed by atoms with Crippen LogP contribution in [0.3, 0.4) is 0 Å². The van der Waals surface area contributed by atoms with Gasteiger partial charge in [0.1, 0.15) is 0 Å². The molecule has 4 fully saturated rings. The van der Waals surface area contributed by atoms with Gasteiger partial charge in [0.05, 0.1) is 12.2 Å². The summed E-state index contributed by atoms with van der Waals surface area (Å²) in [5.41, 5.74) is 7.36. The molecule has 0 amide bonds. The number of hydrogen-bond acceptors (Lipinski definition) is 3. The molecule has 4 aliphatic rings. The summed E-state index contributed by atoms with van der Waals surface area (Å²) in [7, 11) is 0. The van der Waals surface area contributed by atoms with Gasteiger partial charge in [-0.2, -0.15) is 13.2 Å². The van der Waals surface area contributed by atoms with Crippen molar-refractivity contribution in [1.29, 1.82) is 0 Å². The molecule has 9 heteroatoms. The Hall–Kier alpha value is -2.32. The van der Waals surface area contributed by atoms with E-state index in [1.165, 1.54) is 38.5 Å². The molecule has 28 heavy (non-hydrogen) atoms. The van der Waals surface area contributed by atoms with Crippen LogP contribution in [0, 0.1) is 17.8 Å². The van der Waals surface area contributed by atoms with Gasteiger partial charge in [-0.25, -0.2) is 9.79 Å². The first-order valence-corrected chi connectivity index (χ1v) is 9.43. The van der Waals surface area contributed by atoms with Crippen molar-refractivity contribution < 1.29 is 23.1 Å². The Bertz CT molecular complexity index is 686. The highest BCUT2D eigenvalue weighted by atomic mass is 19.4. The van der Waals surface area contributed by atoms with Crippen molar-refractivity contribution in [3.63, 3.8) is 0 Å². The Morgan fingerprint density at radius 3 is 2.18 bits per heavy atom. The van der Waals surface area contributed by atoms with Crippen LogP contribution in [0.25, 0.3) is 0 Å². The van der Waals surface area contributed by atoms with E-state index in [9.17, 15) is 13.2 Å². The summed E-state index contributed by atoms with van der Waals surface area (Å²) in [6, 6.07) is 5.90. The molecular weight excluding hydrogens is 373 g/mol. The molecule has 4 aliphatic carbocycles. The molecule has 1 heterocycles. The van der Waals surface area contributed by atoms with Crippen LogP contribution >= 0.6 is 0 Å². The molecule has 154 valence electrons. The average Bonchev–Trinajstić information content (AvgIpc) is 2.59. The quantitative estimate of drug-likeness (QED) is 0.537. The molecule has 4 N–H and O–H groups in total. The van der Waals surface area contributed by atoms with E-state index in [1.54, 1.807) is 6.20 Å². The van der Waals surface area contributed by atoms with Crippen LogP contribution in [0.5, 0.6) is 0 Å². The lowest BCUT2D eigenvalue weighted by Gasteiger charge is -2.57. The summed E-state index contributed by atoms with van der Waals surface area (Å²) in [5, 5.41) is 10.7. The number of rotatable bonds is 3. The number of hydrogen-bond donors (Lipinski definition) is 3. The molecule has 0 aromatic carbocycles. The van der Waals surface area contributed by atoms with Gasteiger partial charge in [-0.3, -0.25) is 4.98 Å². The summed E-state index contributed by atoms with van der Waals surface area (Å²) in [6.45, 7) is 0.562. The lowest BCUT2D eigenvalue weighted by atomic mass is 9.53. The van der Waals surface area contributed by atoms with Gasteiger partial charge in [-0.15, -0.1) is 0 Å². The molecule has 0 spiro atoms. The number of carboxylic acids is 1. The SMILES string of the molecule is NC(=NCc1ccccn1)NC12CC3CC(CC(C3)C1)C2.O=C(O)C(F)(F)F. The van der Waals surface area contributed by atoms with E-state index in [0.29, 0.717) is 12.5 Å². The molecule has 0 aliphatic heterocycles. The summed E-state index contributed by atoms with van der Waals surface area (Å²) in [5.74, 6) is 0.613. The predicted molar refractivity (Wildman–Crippen MR) is 97.3 cm³/mol. The average molecular weight is 398 g/mol. The van der Waals surface area contributed by atoms with Crippen LogP contribution in [0.15, 0.2) is 29.4 Å². The van der Waals surface area contributed by atoms with Crippen molar-refractivity contribution in [2.24, 2.45) is 28.5 Å². The second-order valence-electron chi connectivity index (χ2n) is 8.15. The molecule has 4 saturated carbocycles. The van der Waals surface area contributed by atoms with E-state index in [4.69, 9.17) is 15.6 Å².